The summed E-state index contributed by atoms with van der Waals surface area (Å²) in [6, 6.07) is 0. The van der Waals surface area contributed by atoms with E-state index in [0.717, 1.165) is 6.42 Å². The summed E-state index contributed by atoms with van der Waals surface area (Å²) < 4.78 is 27.0. The van der Waals surface area contributed by atoms with Gasteiger partial charge >= 0.3 is 8.80 Å². The lowest BCUT2D eigenvalue weighted by molar-refractivity contribution is -0.0283. The van der Waals surface area contributed by atoms with Crippen LogP contribution >= 0.6 is 0 Å². The Morgan fingerprint density at radius 3 is 1.93 bits per heavy atom. The van der Waals surface area contributed by atoms with Crippen LogP contribution in [-0.4, -0.2) is 48.3 Å². The molecule has 6 heteroatoms. The molecule has 0 aromatic heterocycles. The van der Waals surface area contributed by atoms with Gasteiger partial charge < -0.3 is 22.8 Å². The molecular weight excluding hydrogens is 216 g/mol. The zero-order chi connectivity index (χ0) is 11.5. The first-order valence-corrected chi connectivity index (χ1v) is 6.90. The Labute approximate surface area is 92.0 Å². The molecule has 1 rings (SSSR count). The lowest BCUT2D eigenvalue weighted by atomic mass is 10.5. The Bertz CT molecular complexity index is 189. The lowest BCUT2D eigenvalue weighted by Crippen LogP contribution is -2.55. The van der Waals surface area contributed by atoms with Crippen LogP contribution < -0.4 is 0 Å². The molecular formula is C9H20O5Si. The number of epoxide rings is 1. The van der Waals surface area contributed by atoms with Crippen molar-refractivity contribution in [3.05, 3.63) is 0 Å². The molecule has 15 heavy (non-hydrogen) atoms. The average Bonchev–Trinajstić information content (AvgIpc) is 2.96. The van der Waals surface area contributed by atoms with Crippen LogP contribution in [-0.2, 0) is 22.8 Å². The van der Waals surface area contributed by atoms with Crippen LogP contribution in [0.25, 0.3) is 0 Å². The highest BCUT2D eigenvalue weighted by Crippen LogP contribution is 2.28. The molecule has 3 unspecified atom stereocenters. The van der Waals surface area contributed by atoms with Gasteiger partial charge in [0.05, 0.1) is 0 Å². The van der Waals surface area contributed by atoms with Crippen molar-refractivity contribution in [1.29, 1.82) is 0 Å². The van der Waals surface area contributed by atoms with Crippen LogP contribution in [0.4, 0.5) is 0 Å². The van der Waals surface area contributed by atoms with Gasteiger partial charge in [0.15, 0.2) is 6.29 Å². The molecule has 1 aliphatic heterocycles. The van der Waals surface area contributed by atoms with E-state index >= 15 is 0 Å². The minimum absolute atomic E-state index is 0.137. The lowest BCUT2D eigenvalue weighted by Gasteiger charge is -2.31. The van der Waals surface area contributed by atoms with Crippen molar-refractivity contribution < 1.29 is 22.8 Å². The molecule has 0 aromatic carbocycles. The summed E-state index contributed by atoms with van der Waals surface area (Å²) in [4.78, 5) is 0. The summed E-state index contributed by atoms with van der Waals surface area (Å²) in [5.74, 6) is 0. The van der Waals surface area contributed by atoms with E-state index in [9.17, 15) is 0 Å². The van der Waals surface area contributed by atoms with Crippen molar-refractivity contribution in [2.75, 3.05) is 21.3 Å². The van der Waals surface area contributed by atoms with E-state index in [0.29, 0.717) is 0 Å². The van der Waals surface area contributed by atoms with E-state index in [-0.39, 0.29) is 18.1 Å². The second-order valence-electron chi connectivity index (χ2n) is 3.46. The van der Waals surface area contributed by atoms with Crippen molar-refractivity contribution >= 4 is 8.80 Å². The fourth-order valence-corrected chi connectivity index (χ4v) is 3.63. The first-order valence-electron chi connectivity index (χ1n) is 5.09. The molecule has 0 aliphatic carbocycles. The second-order valence-corrected chi connectivity index (χ2v) is 6.53. The van der Waals surface area contributed by atoms with E-state index in [1.54, 1.807) is 21.3 Å². The van der Waals surface area contributed by atoms with Crippen molar-refractivity contribution in [1.82, 2.24) is 0 Å². The van der Waals surface area contributed by atoms with Crippen LogP contribution in [0.2, 0.25) is 0 Å². The van der Waals surface area contributed by atoms with Gasteiger partial charge in [-0.05, 0) is 13.3 Å². The molecule has 90 valence electrons. The third-order valence-electron chi connectivity index (χ3n) is 2.57. The molecule has 0 spiro atoms. The Balaban J connectivity index is 2.60. The topological polar surface area (TPSA) is 49.5 Å². The first kappa shape index (κ1) is 13.1. The fraction of sp³-hybridized carbons (Fsp3) is 1.00. The average molecular weight is 236 g/mol. The predicted molar refractivity (Wildman–Crippen MR) is 56.3 cm³/mol. The number of hydrogen-bond acceptors (Lipinski definition) is 5. The zero-order valence-electron chi connectivity index (χ0n) is 9.98. The smallest absolute Gasteiger partial charge is 0.375 e. The summed E-state index contributed by atoms with van der Waals surface area (Å²) in [5, 5.41) is 0. The van der Waals surface area contributed by atoms with Crippen LogP contribution in [0.5, 0.6) is 0 Å². The minimum atomic E-state index is -2.70. The molecule has 0 aromatic rings. The third kappa shape index (κ3) is 2.77. The molecule has 0 saturated carbocycles. The van der Waals surface area contributed by atoms with Crippen molar-refractivity contribution in [3.63, 3.8) is 0 Å². The monoisotopic (exact) mass is 236 g/mol. The van der Waals surface area contributed by atoms with Gasteiger partial charge in [-0.1, -0.05) is 6.92 Å². The van der Waals surface area contributed by atoms with E-state index in [4.69, 9.17) is 22.8 Å². The Morgan fingerprint density at radius 1 is 1.20 bits per heavy atom. The van der Waals surface area contributed by atoms with E-state index in [2.05, 4.69) is 0 Å². The summed E-state index contributed by atoms with van der Waals surface area (Å²) in [5.41, 5.74) is -0.174. The maximum atomic E-state index is 5.73. The molecule has 5 nitrogen and oxygen atoms in total. The van der Waals surface area contributed by atoms with Gasteiger partial charge in [-0.15, -0.1) is 0 Å². The zero-order valence-corrected chi connectivity index (χ0v) is 11.0. The molecule has 0 N–H and O–H groups in total. The largest absolute Gasteiger partial charge is 0.530 e. The number of rotatable bonds is 7. The summed E-state index contributed by atoms with van der Waals surface area (Å²) in [6.45, 7) is 3.98. The van der Waals surface area contributed by atoms with Crippen molar-refractivity contribution in [3.8, 4) is 0 Å². The summed E-state index contributed by atoms with van der Waals surface area (Å²) >= 11 is 0. The maximum absolute atomic E-state index is 5.73. The second kappa shape index (κ2) is 5.38. The fourth-order valence-electron chi connectivity index (χ4n) is 1.54. The molecule has 0 bridgehead atoms. The molecule has 0 radical (unpaired) electrons. The molecule has 1 heterocycles. The highest BCUT2D eigenvalue weighted by molar-refractivity contribution is 6.62. The van der Waals surface area contributed by atoms with Crippen LogP contribution in [0.3, 0.4) is 0 Å². The van der Waals surface area contributed by atoms with Crippen LogP contribution in [0, 0.1) is 0 Å². The quantitative estimate of drug-likeness (QED) is 0.486. The maximum Gasteiger partial charge on any atom is 0.530 e. The van der Waals surface area contributed by atoms with E-state index in [1.807, 2.05) is 13.8 Å². The van der Waals surface area contributed by atoms with E-state index in [1.165, 1.54) is 0 Å². The minimum Gasteiger partial charge on any atom is -0.375 e. The molecule has 1 fully saturated rings. The molecule has 0 amide bonds. The number of hydrogen-bond donors (Lipinski definition) is 0. The first-order chi connectivity index (χ1) is 7.13. The van der Waals surface area contributed by atoms with Gasteiger partial charge in [-0.2, -0.15) is 0 Å². The van der Waals surface area contributed by atoms with Crippen LogP contribution in [0.15, 0.2) is 0 Å². The van der Waals surface area contributed by atoms with Gasteiger partial charge in [0.2, 0.25) is 0 Å². The Morgan fingerprint density at radius 2 is 1.67 bits per heavy atom. The highest BCUT2D eigenvalue weighted by atomic mass is 28.4. The standard InChI is InChI=1S/C9H20O5Si/c1-6-8(14-9-7(2)13-9)15(10-3,11-4)12-5/h7-9H,6H2,1-5H3. The van der Waals surface area contributed by atoms with E-state index < -0.39 is 8.80 Å². The van der Waals surface area contributed by atoms with Gasteiger partial charge in [0.1, 0.15) is 11.8 Å². The number of ether oxygens (including phenoxy) is 2. The predicted octanol–water partition coefficient (Wildman–Crippen LogP) is 0.944. The highest BCUT2D eigenvalue weighted by Gasteiger charge is 2.51. The Hall–Kier alpha value is 0.0169. The van der Waals surface area contributed by atoms with Gasteiger partial charge in [0, 0.05) is 21.3 Å². The molecule has 3 atom stereocenters. The van der Waals surface area contributed by atoms with Gasteiger partial charge in [-0.25, -0.2) is 0 Å². The van der Waals surface area contributed by atoms with Gasteiger partial charge in [-0.3, -0.25) is 0 Å². The normalized spacial score (nSPS) is 27.8. The summed E-state index contributed by atoms with van der Waals surface area (Å²) in [7, 11) is 2.06. The Kier molecular flexibility index (Phi) is 4.69. The SMILES string of the molecule is CCC(OC1OC1C)[Si](OC)(OC)OC. The van der Waals surface area contributed by atoms with Crippen LogP contribution in [0.1, 0.15) is 20.3 Å². The van der Waals surface area contributed by atoms with Crippen molar-refractivity contribution in [2.45, 2.75) is 38.4 Å². The van der Waals surface area contributed by atoms with Gasteiger partial charge in [0.25, 0.3) is 0 Å². The third-order valence-corrected chi connectivity index (χ3v) is 5.61. The van der Waals surface area contributed by atoms with Crippen molar-refractivity contribution in [2.24, 2.45) is 0 Å². The molecule has 1 aliphatic rings. The molecule has 1 saturated heterocycles. The summed E-state index contributed by atoms with van der Waals surface area (Å²) in [6.07, 6.45) is 0.799.